The molecule has 2 aromatic rings. The molecular weight excluding hydrogens is 232 g/mol. The standard InChI is InChI=1S/C7H10N6S2/c1-8-6-5(11-12-15-6)3-14-7-9-4-10-13(7)2/h4,8H,3H2,1-2H3. The molecule has 0 fully saturated rings. The van der Waals surface area contributed by atoms with E-state index >= 15 is 0 Å². The SMILES string of the molecule is CNc1snnc1CSc1ncnn1C. The van der Waals surface area contributed by atoms with E-state index in [1.165, 1.54) is 11.5 Å². The lowest BCUT2D eigenvalue weighted by molar-refractivity contribution is 0.685. The molecule has 0 saturated heterocycles. The molecule has 0 amide bonds. The fourth-order valence-corrected chi connectivity index (χ4v) is 2.49. The van der Waals surface area contributed by atoms with Crippen LogP contribution in [0.15, 0.2) is 11.5 Å². The van der Waals surface area contributed by atoms with E-state index in [1.807, 2.05) is 14.1 Å². The minimum Gasteiger partial charge on any atom is -0.377 e. The number of thioether (sulfide) groups is 1. The first-order chi connectivity index (χ1) is 7.31. The van der Waals surface area contributed by atoms with Crippen LogP contribution in [-0.2, 0) is 12.8 Å². The number of anilines is 1. The molecule has 0 bridgehead atoms. The number of hydrogen-bond acceptors (Lipinski definition) is 7. The molecule has 0 saturated carbocycles. The quantitative estimate of drug-likeness (QED) is 0.807. The van der Waals surface area contributed by atoms with Gasteiger partial charge in [0.2, 0.25) is 0 Å². The van der Waals surface area contributed by atoms with E-state index in [4.69, 9.17) is 0 Å². The van der Waals surface area contributed by atoms with E-state index in [0.717, 1.165) is 21.6 Å². The zero-order valence-electron chi connectivity index (χ0n) is 8.34. The average Bonchev–Trinajstić information content (AvgIpc) is 2.83. The van der Waals surface area contributed by atoms with Crippen molar-refractivity contribution in [3.8, 4) is 0 Å². The van der Waals surface area contributed by atoms with Crippen LogP contribution >= 0.6 is 23.3 Å². The average molecular weight is 242 g/mol. The summed E-state index contributed by atoms with van der Waals surface area (Å²) < 4.78 is 5.63. The molecule has 0 aliphatic heterocycles. The number of aromatic nitrogens is 5. The molecule has 80 valence electrons. The van der Waals surface area contributed by atoms with Crippen LogP contribution in [0.3, 0.4) is 0 Å². The number of nitrogens with zero attached hydrogens (tertiary/aromatic N) is 5. The summed E-state index contributed by atoms with van der Waals surface area (Å²) in [6.07, 6.45) is 1.54. The normalized spacial score (nSPS) is 10.5. The van der Waals surface area contributed by atoms with Crippen molar-refractivity contribution >= 4 is 28.3 Å². The van der Waals surface area contributed by atoms with Crippen LogP contribution in [0.2, 0.25) is 0 Å². The summed E-state index contributed by atoms with van der Waals surface area (Å²) in [4.78, 5) is 4.12. The van der Waals surface area contributed by atoms with Crippen LogP contribution in [0.25, 0.3) is 0 Å². The van der Waals surface area contributed by atoms with Gasteiger partial charge in [-0.2, -0.15) is 5.10 Å². The van der Waals surface area contributed by atoms with Gasteiger partial charge in [-0.25, -0.2) is 9.67 Å². The van der Waals surface area contributed by atoms with Gasteiger partial charge in [0.1, 0.15) is 17.0 Å². The summed E-state index contributed by atoms with van der Waals surface area (Å²) in [5, 5.41) is 13.0. The van der Waals surface area contributed by atoms with Crippen molar-refractivity contribution < 1.29 is 0 Å². The Hall–Kier alpha value is -1.15. The summed E-state index contributed by atoms with van der Waals surface area (Å²) in [7, 11) is 3.74. The van der Waals surface area contributed by atoms with Crippen LogP contribution in [-0.4, -0.2) is 31.4 Å². The monoisotopic (exact) mass is 242 g/mol. The smallest absolute Gasteiger partial charge is 0.186 e. The maximum absolute atomic E-state index is 4.12. The number of aryl methyl sites for hydroxylation is 1. The van der Waals surface area contributed by atoms with Crippen molar-refractivity contribution in [1.29, 1.82) is 0 Å². The third kappa shape index (κ3) is 2.26. The van der Waals surface area contributed by atoms with Gasteiger partial charge in [-0.3, -0.25) is 0 Å². The second kappa shape index (κ2) is 4.58. The van der Waals surface area contributed by atoms with E-state index in [0.29, 0.717) is 0 Å². The Labute approximate surface area is 95.3 Å². The van der Waals surface area contributed by atoms with Gasteiger partial charge in [0, 0.05) is 31.4 Å². The molecule has 2 aromatic heterocycles. The highest BCUT2D eigenvalue weighted by Crippen LogP contribution is 2.25. The van der Waals surface area contributed by atoms with Crippen LogP contribution < -0.4 is 5.32 Å². The Kier molecular flexibility index (Phi) is 3.17. The molecule has 15 heavy (non-hydrogen) atoms. The van der Waals surface area contributed by atoms with Crippen molar-refractivity contribution in [3.63, 3.8) is 0 Å². The van der Waals surface area contributed by atoms with Gasteiger partial charge in [0.15, 0.2) is 5.16 Å². The molecule has 2 rings (SSSR count). The molecule has 2 heterocycles. The second-order valence-electron chi connectivity index (χ2n) is 2.75. The van der Waals surface area contributed by atoms with Crippen LogP contribution in [0, 0.1) is 0 Å². The fourth-order valence-electron chi connectivity index (χ4n) is 1.04. The van der Waals surface area contributed by atoms with E-state index in [-0.39, 0.29) is 0 Å². The Morgan fingerprint density at radius 3 is 3.13 bits per heavy atom. The highest BCUT2D eigenvalue weighted by atomic mass is 32.2. The van der Waals surface area contributed by atoms with Crippen molar-refractivity contribution in [1.82, 2.24) is 24.4 Å². The molecule has 0 spiro atoms. The van der Waals surface area contributed by atoms with Gasteiger partial charge >= 0.3 is 0 Å². The first kappa shape index (κ1) is 10.4. The van der Waals surface area contributed by atoms with E-state index in [2.05, 4.69) is 25.0 Å². The van der Waals surface area contributed by atoms with Crippen LogP contribution in [0.4, 0.5) is 5.00 Å². The Morgan fingerprint density at radius 2 is 2.47 bits per heavy atom. The maximum Gasteiger partial charge on any atom is 0.186 e. The third-order valence-corrected chi connectivity index (χ3v) is 3.62. The molecule has 0 unspecified atom stereocenters. The van der Waals surface area contributed by atoms with Gasteiger partial charge in [-0.1, -0.05) is 16.3 Å². The lowest BCUT2D eigenvalue weighted by Gasteiger charge is -1.99. The summed E-state index contributed by atoms with van der Waals surface area (Å²) in [5.41, 5.74) is 0.954. The first-order valence-corrected chi connectivity index (χ1v) is 6.03. The minimum atomic E-state index is 0.749. The Balaban J connectivity index is 2.02. The fraction of sp³-hybridized carbons (Fsp3) is 0.429. The van der Waals surface area contributed by atoms with Crippen molar-refractivity contribution in [3.05, 3.63) is 12.0 Å². The highest BCUT2D eigenvalue weighted by molar-refractivity contribution is 7.98. The first-order valence-electron chi connectivity index (χ1n) is 4.27. The van der Waals surface area contributed by atoms with Gasteiger partial charge in [-0.15, -0.1) is 5.10 Å². The van der Waals surface area contributed by atoms with E-state index < -0.39 is 0 Å². The topological polar surface area (TPSA) is 68.5 Å². The summed E-state index contributed by atoms with van der Waals surface area (Å²) in [5.74, 6) is 0.749. The second-order valence-corrected chi connectivity index (χ2v) is 4.45. The predicted molar refractivity (Wildman–Crippen MR) is 60.0 cm³/mol. The molecule has 8 heteroatoms. The Bertz CT molecular complexity index is 436. The highest BCUT2D eigenvalue weighted by Gasteiger charge is 2.08. The lowest BCUT2D eigenvalue weighted by Crippen LogP contribution is -1.95. The molecule has 0 aliphatic rings. The third-order valence-electron chi connectivity index (χ3n) is 1.79. The van der Waals surface area contributed by atoms with Gasteiger partial charge in [0.05, 0.1) is 0 Å². The maximum atomic E-state index is 4.12. The van der Waals surface area contributed by atoms with Crippen molar-refractivity contribution in [2.24, 2.45) is 7.05 Å². The van der Waals surface area contributed by atoms with Crippen LogP contribution in [0.1, 0.15) is 5.69 Å². The van der Waals surface area contributed by atoms with E-state index in [1.54, 1.807) is 22.8 Å². The zero-order chi connectivity index (χ0) is 10.7. The summed E-state index contributed by atoms with van der Waals surface area (Å²) >= 11 is 2.96. The van der Waals surface area contributed by atoms with E-state index in [9.17, 15) is 0 Å². The molecular formula is C7H10N6S2. The Morgan fingerprint density at radius 1 is 1.60 bits per heavy atom. The minimum absolute atomic E-state index is 0.749. The molecule has 0 aromatic carbocycles. The van der Waals surface area contributed by atoms with Crippen molar-refractivity contribution in [2.45, 2.75) is 10.9 Å². The van der Waals surface area contributed by atoms with Crippen LogP contribution in [0.5, 0.6) is 0 Å². The van der Waals surface area contributed by atoms with Crippen molar-refractivity contribution in [2.75, 3.05) is 12.4 Å². The molecule has 0 atom stereocenters. The molecule has 1 N–H and O–H groups in total. The molecule has 0 radical (unpaired) electrons. The summed E-state index contributed by atoms with van der Waals surface area (Å²) in [6, 6.07) is 0. The lowest BCUT2D eigenvalue weighted by atomic mass is 10.5. The number of nitrogens with one attached hydrogen (secondary N) is 1. The van der Waals surface area contributed by atoms with Gasteiger partial charge in [-0.05, 0) is 0 Å². The van der Waals surface area contributed by atoms with Gasteiger partial charge < -0.3 is 5.32 Å². The molecule has 6 nitrogen and oxygen atoms in total. The number of hydrogen-bond donors (Lipinski definition) is 1. The zero-order valence-corrected chi connectivity index (χ0v) is 9.97. The van der Waals surface area contributed by atoms with Gasteiger partial charge in [0.25, 0.3) is 0 Å². The largest absolute Gasteiger partial charge is 0.377 e. The molecule has 0 aliphatic carbocycles. The predicted octanol–water partition coefficient (Wildman–Crippen LogP) is 1.00. The number of rotatable bonds is 4. The summed E-state index contributed by atoms with van der Waals surface area (Å²) in [6.45, 7) is 0.